The monoisotopic (exact) mass is 235 g/mol. The van der Waals surface area contributed by atoms with Crippen molar-refractivity contribution in [2.75, 3.05) is 19.0 Å². The van der Waals surface area contributed by atoms with E-state index in [0.29, 0.717) is 0 Å². The van der Waals surface area contributed by atoms with Crippen LogP contribution in [0.4, 0.5) is 5.82 Å². The first-order valence-electron chi connectivity index (χ1n) is 6.46. The highest BCUT2D eigenvalue weighted by atomic mass is 16.5. The SMILES string of the molecule is CCNc1nc(C(CC)OC)nc2c1CCC2. The van der Waals surface area contributed by atoms with Crippen molar-refractivity contribution in [2.24, 2.45) is 0 Å². The van der Waals surface area contributed by atoms with Gasteiger partial charge < -0.3 is 10.1 Å². The molecule has 4 heteroatoms. The summed E-state index contributed by atoms with van der Waals surface area (Å²) in [5.41, 5.74) is 2.52. The smallest absolute Gasteiger partial charge is 0.159 e. The lowest BCUT2D eigenvalue weighted by molar-refractivity contribution is 0.0925. The van der Waals surface area contributed by atoms with E-state index in [4.69, 9.17) is 4.74 Å². The zero-order valence-electron chi connectivity index (χ0n) is 10.9. The van der Waals surface area contributed by atoms with Crippen LogP contribution in [0.5, 0.6) is 0 Å². The molecule has 1 N–H and O–H groups in total. The van der Waals surface area contributed by atoms with Gasteiger partial charge in [-0.15, -0.1) is 0 Å². The Kier molecular flexibility index (Phi) is 3.94. The third-order valence-electron chi connectivity index (χ3n) is 3.24. The molecular formula is C13H21N3O. The van der Waals surface area contributed by atoms with E-state index in [1.54, 1.807) is 7.11 Å². The number of hydrogen-bond acceptors (Lipinski definition) is 4. The highest BCUT2D eigenvalue weighted by Crippen LogP contribution is 2.28. The molecule has 2 rings (SSSR count). The normalized spacial score (nSPS) is 15.7. The Morgan fingerprint density at radius 2 is 2.12 bits per heavy atom. The first-order chi connectivity index (χ1) is 8.30. The third kappa shape index (κ3) is 2.41. The molecule has 0 spiro atoms. The number of rotatable bonds is 5. The lowest BCUT2D eigenvalue weighted by Crippen LogP contribution is -2.12. The molecule has 4 nitrogen and oxygen atoms in total. The molecule has 1 aliphatic rings. The van der Waals surface area contributed by atoms with Gasteiger partial charge in [-0.3, -0.25) is 0 Å². The Labute approximate surface area is 103 Å². The number of aromatic nitrogens is 2. The van der Waals surface area contributed by atoms with Crippen molar-refractivity contribution in [3.63, 3.8) is 0 Å². The number of fused-ring (bicyclic) bond motifs is 1. The predicted molar refractivity (Wildman–Crippen MR) is 68.3 cm³/mol. The van der Waals surface area contributed by atoms with E-state index in [-0.39, 0.29) is 6.10 Å². The molecule has 1 atom stereocenters. The first kappa shape index (κ1) is 12.3. The summed E-state index contributed by atoms with van der Waals surface area (Å²) in [6.45, 7) is 5.08. The minimum Gasteiger partial charge on any atom is -0.373 e. The molecule has 1 heterocycles. The van der Waals surface area contributed by atoms with E-state index in [9.17, 15) is 0 Å². The summed E-state index contributed by atoms with van der Waals surface area (Å²) in [7, 11) is 1.72. The molecule has 1 aliphatic carbocycles. The average molecular weight is 235 g/mol. The van der Waals surface area contributed by atoms with Gasteiger partial charge in [0.25, 0.3) is 0 Å². The fourth-order valence-electron chi connectivity index (χ4n) is 2.36. The zero-order valence-corrected chi connectivity index (χ0v) is 10.9. The van der Waals surface area contributed by atoms with Gasteiger partial charge in [-0.2, -0.15) is 0 Å². The molecule has 1 aromatic rings. The van der Waals surface area contributed by atoms with Crippen molar-refractivity contribution in [3.8, 4) is 0 Å². The van der Waals surface area contributed by atoms with E-state index in [2.05, 4.69) is 29.1 Å². The average Bonchev–Trinajstić information content (AvgIpc) is 2.79. The fraction of sp³-hybridized carbons (Fsp3) is 0.692. The summed E-state index contributed by atoms with van der Waals surface area (Å²) in [5, 5.41) is 3.34. The Hall–Kier alpha value is -1.16. The number of methoxy groups -OCH3 is 1. The van der Waals surface area contributed by atoms with Crippen LogP contribution in [-0.4, -0.2) is 23.6 Å². The summed E-state index contributed by atoms with van der Waals surface area (Å²) >= 11 is 0. The molecule has 17 heavy (non-hydrogen) atoms. The quantitative estimate of drug-likeness (QED) is 0.851. The molecule has 0 fully saturated rings. The molecule has 1 unspecified atom stereocenters. The van der Waals surface area contributed by atoms with Crippen LogP contribution in [0.25, 0.3) is 0 Å². The summed E-state index contributed by atoms with van der Waals surface area (Å²) in [5.74, 6) is 1.84. The lowest BCUT2D eigenvalue weighted by Gasteiger charge is -2.15. The van der Waals surface area contributed by atoms with Gasteiger partial charge in [-0.25, -0.2) is 9.97 Å². The summed E-state index contributed by atoms with van der Waals surface area (Å²) < 4.78 is 5.43. The highest BCUT2D eigenvalue weighted by Gasteiger charge is 2.21. The van der Waals surface area contributed by atoms with E-state index in [0.717, 1.165) is 37.4 Å². The van der Waals surface area contributed by atoms with Gasteiger partial charge in [0.05, 0.1) is 0 Å². The predicted octanol–water partition coefficient (Wildman–Crippen LogP) is 2.49. The fourth-order valence-corrected chi connectivity index (χ4v) is 2.36. The number of anilines is 1. The van der Waals surface area contributed by atoms with Crippen molar-refractivity contribution in [1.82, 2.24) is 9.97 Å². The molecule has 0 bridgehead atoms. The summed E-state index contributed by atoms with van der Waals surface area (Å²) in [4.78, 5) is 9.29. The maximum atomic E-state index is 5.43. The molecular weight excluding hydrogens is 214 g/mol. The Bertz CT molecular complexity index is 388. The molecule has 1 aromatic heterocycles. The van der Waals surface area contributed by atoms with E-state index in [1.807, 2.05) is 0 Å². The zero-order chi connectivity index (χ0) is 12.3. The van der Waals surface area contributed by atoms with Gasteiger partial charge in [0.1, 0.15) is 11.9 Å². The van der Waals surface area contributed by atoms with Crippen LogP contribution in [0.3, 0.4) is 0 Å². The highest BCUT2D eigenvalue weighted by molar-refractivity contribution is 5.48. The molecule has 0 amide bonds. The van der Waals surface area contributed by atoms with E-state index >= 15 is 0 Å². The molecule has 94 valence electrons. The van der Waals surface area contributed by atoms with Crippen LogP contribution in [-0.2, 0) is 17.6 Å². The number of aryl methyl sites for hydroxylation is 1. The number of nitrogens with one attached hydrogen (secondary N) is 1. The van der Waals surface area contributed by atoms with Crippen LogP contribution in [0.15, 0.2) is 0 Å². The van der Waals surface area contributed by atoms with Crippen LogP contribution in [0.2, 0.25) is 0 Å². The van der Waals surface area contributed by atoms with Crippen LogP contribution in [0.1, 0.15) is 49.9 Å². The maximum Gasteiger partial charge on any atom is 0.159 e. The standard InChI is InChI=1S/C13H21N3O/c1-4-11(17-3)13-15-10-8-6-7-9(10)12(16-13)14-5-2/h11H,4-8H2,1-3H3,(H,14,15,16). The lowest BCUT2D eigenvalue weighted by atomic mass is 10.2. The van der Waals surface area contributed by atoms with Crippen molar-refractivity contribution in [1.29, 1.82) is 0 Å². The number of ether oxygens (including phenoxy) is 1. The second-order valence-electron chi connectivity index (χ2n) is 4.37. The van der Waals surface area contributed by atoms with Crippen LogP contribution >= 0.6 is 0 Å². The number of hydrogen-bond donors (Lipinski definition) is 1. The van der Waals surface area contributed by atoms with Gasteiger partial charge >= 0.3 is 0 Å². The van der Waals surface area contributed by atoms with Gasteiger partial charge in [0.2, 0.25) is 0 Å². The van der Waals surface area contributed by atoms with Gasteiger partial charge in [0, 0.05) is 24.9 Å². The van der Waals surface area contributed by atoms with Crippen LogP contribution < -0.4 is 5.32 Å². The minimum absolute atomic E-state index is 0.0123. The van der Waals surface area contributed by atoms with Crippen molar-refractivity contribution in [2.45, 2.75) is 45.6 Å². The van der Waals surface area contributed by atoms with Crippen molar-refractivity contribution in [3.05, 3.63) is 17.1 Å². The molecule has 0 radical (unpaired) electrons. The van der Waals surface area contributed by atoms with Gasteiger partial charge in [0.15, 0.2) is 5.82 Å². The summed E-state index contributed by atoms with van der Waals surface area (Å²) in [6, 6.07) is 0. The Morgan fingerprint density at radius 1 is 1.29 bits per heavy atom. The van der Waals surface area contributed by atoms with E-state index < -0.39 is 0 Å². The second kappa shape index (κ2) is 5.45. The molecule has 0 aromatic carbocycles. The van der Waals surface area contributed by atoms with Crippen LogP contribution in [0, 0.1) is 0 Å². The van der Waals surface area contributed by atoms with Crippen molar-refractivity contribution < 1.29 is 4.74 Å². The first-order valence-corrected chi connectivity index (χ1v) is 6.46. The second-order valence-corrected chi connectivity index (χ2v) is 4.37. The maximum absolute atomic E-state index is 5.43. The largest absolute Gasteiger partial charge is 0.373 e. The minimum atomic E-state index is 0.0123. The van der Waals surface area contributed by atoms with E-state index in [1.165, 1.54) is 17.7 Å². The van der Waals surface area contributed by atoms with Gasteiger partial charge in [-0.1, -0.05) is 6.92 Å². The molecule has 0 saturated carbocycles. The third-order valence-corrected chi connectivity index (χ3v) is 3.24. The Balaban J connectivity index is 2.38. The molecule has 0 aliphatic heterocycles. The topological polar surface area (TPSA) is 47.0 Å². The van der Waals surface area contributed by atoms with Gasteiger partial charge in [-0.05, 0) is 32.6 Å². The summed E-state index contributed by atoms with van der Waals surface area (Å²) in [6.07, 6.45) is 4.28. The Morgan fingerprint density at radius 3 is 2.76 bits per heavy atom. The number of nitrogens with zero attached hydrogens (tertiary/aromatic N) is 2. The van der Waals surface area contributed by atoms with Crippen molar-refractivity contribution >= 4 is 5.82 Å². The molecule has 0 saturated heterocycles.